The summed E-state index contributed by atoms with van der Waals surface area (Å²) in [7, 11) is -3.55. The molecule has 2 bridgehead atoms. The largest absolute Gasteiger partial charge is 0.357 e. The van der Waals surface area contributed by atoms with E-state index in [9.17, 15) is 13.2 Å². The minimum atomic E-state index is -3.55. The van der Waals surface area contributed by atoms with E-state index in [0.29, 0.717) is 18.8 Å². The summed E-state index contributed by atoms with van der Waals surface area (Å²) in [6.07, 6.45) is 6.31. The molecule has 1 N–H and O–H groups in total. The number of hydrogen-bond acceptors (Lipinski definition) is 5. The van der Waals surface area contributed by atoms with Gasteiger partial charge < -0.3 is 4.90 Å². The van der Waals surface area contributed by atoms with Gasteiger partial charge in [0, 0.05) is 37.7 Å². The molecule has 0 unspecified atom stereocenters. The van der Waals surface area contributed by atoms with Crippen LogP contribution in [-0.2, 0) is 21.4 Å². The van der Waals surface area contributed by atoms with Crippen LogP contribution in [0.25, 0.3) is 0 Å². The molecule has 148 valence electrons. The maximum Gasteiger partial charge on any atom is 0.212 e. The summed E-state index contributed by atoms with van der Waals surface area (Å²) >= 11 is 0. The molecule has 27 heavy (non-hydrogen) atoms. The van der Waals surface area contributed by atoms with Crippen LogP contribution < -0.4 is 9.62 Å². The zero-order valence-corrected chi connectivity index (χ0v) is 17.0. The van der Waals surface area contributed by atoms with Crippen LogP contribution in [0.2, 0.25) is 0 Å². The number of anilines is 1. The van der Waals surface area contributed by atoms with E-state index >= 15 is 0 Å². The standard InChI is InChI=1S/C20H29N3O3S/c1-19(2)16-7-8-20(19,17(24)11-16)14-27(25,26)22-13-15-5-6-18(21-12-15)23-9-3-4-10-23/h5-6,12,16,22H,3-4,7-11,13-14H2,1-2H3/t16-,20+/m0/s1. The fourth-order valence-electron chi connectivity index (χ4n) is 5.33. The lowest BCUT2D eigenvalue weighted by molar-refractivity contribution is -0.128. The molecule has 1 aromatic rings. The van der Waals surface area contributed by atoms with Crippen molar-refractivity contribution in [3.8, 4) is 0 Å². The molecule has 3 fully saturated rings. The maximum atomic E-state index is 12.8. The number of nitrogens with one attached hydrogen (secondary N) is 1. The third-order valence-electron chi connectivity index (χ3n) is 7.31. The Kier molecular flexibility index (Phi) is 4.58. The Morgan fingerprint density at radius 2 is 2.00 bits per heavy atom. The topological polar surface area (TPSA) is 79.4 Å². The van der Waals surface area contributed by atoms with E-state index in [1.165, 1.54) is 12.8 Å². The minimum absolute atomic E-state index is 0.0956. The number of rotatable bonds is 6. The molecular formula is C20H29N3O3S. The summed E-state index contributed by atoms with van der Waals surface area (Å²) in [6.45, 7) is 6.40. The van der Waals surface area contributed by atoms with Crippen molar-refractivity contribution < 1.29 is 13.2 Å². The van der Waals surface area contributed by atoms with E-state index in [-0.39, 0.29) is 23.5 Å². The lowest BCUT2D eigenvalue weighted by Crippen LogP contribution is -2.45. The first kappa shape index (κ1) is 18.9. The molecule has 0 amide bonds. The van der Waals surface area contributed by atoms with Crippen LogP contribution >= 0.6 is 0 Å². The van der Waals surface area contributed by atoms with E-state index in [1.54, 1.807) is 6.20 Å². The monoisotopic (exact) mass is 391 g/mol. The smallest absolute Gasteiger partial charge is 0.212 e. The van der Waals surface area contributed by atoms with Crippen LogP contribution in [0.3, 0.4) is 0 Å². The van der Waals surface area contributed by atoms with Crippen LogP contribution in [0.5, 0.6) is 0 Å². The van der Waals surface area contributed by atoms with Gasteiger partial charge in [-0.05, 0) is 48.6 Å². The molecule has 2 saturated carbocycles. The number of ketones is 1. The van der Waals surface area contributed by atoms with Crippen molar-refractivity contribution in [3.05, 3.63) is 23.9 Å². The van der Waals surface area contributed by atoms with Crippen LogP contribution in [0.4, 0.5) is 5.82 Å². The van der Waals surface area contributed by atoms with Crippen molar-refractivity contribution in [2.24, 2.45) is 16.7 Å². The zero-order valence-electron chi connectivity index (χ0n) is 16.2. The summed E-state index contributed by atoms with van der Waals surface area (Å²) in [6, 6.07) is 3.89. The van der Waals surface area contributed by atoms with Crippen LogP contribution in [-0.4, -0.2) is 38.0 Å². The first-order chi connectivity index (χ1) is 12.7. The van der Waals surface area contributed by atoms with Crippen LogP contribution in [0.15, 0.2) is 18.3 Å². The van der Waals surface area contributed by atoms with Crippen LogP contribution in [0.1, 0.15) is 51.5 Å². The summed E-state index contributed by atoms with van der Waals surface area (Å²) in [5.74, 6) is 1.31. The summed E-state index contributed by atoms with van der Waals surface area (Å²) < 4.78 is 28.2. The number of fused-ring (bicyclic) bond motifs is 2. The van der Waals surface area contributed by atoms with E-state index in [1.807, 2.05) is 12.1 Å². The third kappa shape index (κ3) is 3.18. The highest BCUT2D eigenvalue weighted by Crippen LogP contribution is 2.64. The molecule has 0 spiro atoms. The number of carbonyl (C=O) groups is 1. The fourth-order valence-corrected chi connectivity index (χ4v) is 7.15. The second-order valence-corrected chi connectivity index (χ2v) is 10.8. The molecule has 1 aromatic heterocycles. The summed E-state index contributed by atoms with van der Waals surface area (Å²) in [5, 5.41) is 0. The molecule has 0 radical (unpaired) electrons. The second kappa shape index (κ2) is 6.55. The number of nitrogens with zero attached hydrogens (tertiary/aromatic N) is 2. The first-order valence-electron chi connectivity index (χ1n) is 9.94. The lowest BCUT2D eigenvalue weighted by Gasteiger charge is -2.36. The Bertz CT molecular complexity index is 829. The maximum absolute atomic E-state index is 12.8. The van der Waals surface area contributed by atoms with Gasteiger partial charge in [0.2, 0.25) is 10.0 Å². The molecule has 3 aliphatic rings. The van der Waals surface area contributed by atoms with Gasteiger partial charge >= 0.3 is 0 Å². The van der Waals surface area contributed by atoms with Crippen LogP contribution in [0, 0.1) is 16.7 Å². The van der Waals surface area contributed by atoms with Gasteiger partial charge in [0.15, 0.2) is 0 Å². The normalized spacial score (nSPS) is 29.6. The second-order valence-electron chi connectivity index (χ2n) is 8.97. The van der Waals surface area contributed by atoms with Crippen molar-refractivity contribution in [1.82, 2.24) is 9.71 Å². The predicted molar refractivity (Wildman–Crippen MR) is 105 cm³/mol. The average molecular weight is 392 g/mol. The number of hydrogen-bond donors (Lipinski definition) is 1. The molecular weight excluding hydrogens is 362 g/mol. The van der Waals surface area contributed by atoms with Gasteiger partial charge in [0.25, 0.3) is 0 Å². The van der Waals surface area contributed by atoms with E-state index in [0.717, 1.165) is 30.9 Å². The Morgan fingerprint density at radius 3 is 2.56 bits per heavy atom. The number of Topliss-reactive ketones (excluding diaryl/α,β-unsaturated/α-hetero) is 1. The van der Waals surface area contributed by atoms with Gasteiger partial charge in [0.1, 0.15) is 11.6 Å². The highest BCUT2D eigenvalue weighted by molar-refractivity contribution is 7.89. The molecule has 2 atom stereocenters. The molecule has 0 aromatic carbocycles. The molecule has 1 saturated heterocycles. The number of pyridine rings is 1. The molecule has 2 aliphatic carbocycles. The SMILES string of the molecule is CC1(C)[C@H]2CC[C@@]1(CS(=O)(=O)NCc1ccc(N3CCCC3)nc1)C(=O)C2. The summed E-state index contributed by atoms with van der Waals surface area (Å²) in [5.41, 5.74) is -0.126. The van der Waals surface area contributed by atoms with Crippen molar-refractivity contribution in [3.63, 3.8) is 0 Å². The highest BCUT2D eigenvalue weighted by Gasteiger charge is 2.65. The Labute approximate surface area is 161 Å². The van der Waals surface area contributed by atoms with E-state index < -0.39 is 15.4 Å². The van der Waals surface area contributed by atoms with Crippen molar-refractivity contribution in [2.75, 3.05) is 23.7 Å². The first-order valence-corrected chi connectivity index (χ1v) is 11.6. The number of sulfonamides is 1. The molecule has 2 heterocycles. The Balaban J connectivity index is 1.41. The Hall–Kier alpha value is -1.47. The van der Waals surface area contributed by atoms with Gasteiger partial charge in [-0.3, -0.25) is 4.79 Å². The van der Waals surface area contributed by atoms with E-state index in [4.69, 9.17) is 0 Å². The average Bonchev–Trinajstić information content (AvgIpc) is 3.27. The van der Waals surface area contributed by atoms with Gasteiger partial charge in [0.05, 0.1) is 5.75 Å². The molecule has 6 nitrogen and oxygen atoms in total. The summed E-state index contributed by atoms with van der Waals surface area (Å²) in [4.78, 5) is 19.3. The van der Waals surface area contributed by atoms with Gasteiger partial charge in [-0.25, -0.2) is 18.1 Å². The number of carbonyl (C=O) groups excluding carboxylic acids is 1. The predicted octanol–water partition coefficient (Wildman–Crippen LogP) is 2.50. The molecule has 7 heteroatoms. The van der Waals surface area contributed by atoms with Crippen molar-refractivity contribution in [2.45, 2.75) is 52.5 Å². The van der Waals surface area contributed by atoms with Crippen molar-refractivity contribution in [1.29, 1.82) is 0 Å². The van der Waals surface area contributed by atoms with Gasteiger partial charge in [-0.2, -0.15) is 0 Å². The molecule has 4 rings (SSSR count). The highest BCUT2D eigenvalue weighted by atomic mass is 32.2. The number of aromatic nitrogens is 1. The van der Waals surface area contributed by atoms with Gasteiger partial charge in [-0.1, -0.05) is 19.9 Å². The molecule has 1 aliphatic heterocycles. The quantitative estimate of drug-likeness (QED) is 0.806. The van der Waals surface area contributed by atoms with Gasteiger partial charge in [-0.15, -0.1) is 0 Å². The fraction of sp³-hybridized carbons (Fsp3) is 0.700. The third-order valence-corrected chi connectivity index (χ3v) is 8.77. The lowest BCUT2D eigenvalue weighted by atomic mass is 9.70. The minimum Gasteiger partial charge on any atom is -0.357 e. The zero-order chi connectivity index (χ0) is 19.3. The van der Waals surface area contributed by atoms with Crippen molar-refractivity contribution >= 4 is 21.6 Å². The van der Waals surface area contributed by atoms with E-state index in [2.05, 4.69) is 28.5 Å². The Morgan fingerprint density at radius 1 is 1.26 bits per heavy atom.